The second kappa shape index (κ2) is 10.1. The zero-order valence-corrected chi connectivity index (χ0v) is 27.5. The Kier molecular flexibility index (Phi) is 5.99. The molecule has 46 heavy (non-hydrogen) atoms. The van der Waals surface area contributed by atoms with Crippen LogP contribution in [0.2, 0.25) is 0 Å². The second-order valence-corrected chi connectivity index (χ2v) is 14.7. The van der Waals surface area contributed by atoms with Crippen LogP contribution in [0.5, 0.6) is 0 Å². The van der Waals surface area contributed by atoms with Gasteiger partial charge >= 0.3 is 0 Å². The fourth-order valence-electron chi connectivity index (χ4n) is 7.63. The SMILES string of the molecule is C=C/C=C\C1=C(C)c2c(c3sc4c(-c5nc(-c6ccccc6)c6sc7ccccc7c6n5)cccc4c3c3ccccc23)C1(C)C. The molecule has 0 spiro atoms. The Hall–Kier alpha value is -4.90. The molecule has 8 aromatic rings. The third kappa shape index (κ3) is 3.75. The molecule has 0 bridgehead atoms. The van der Waals surface area contributed by atoms with E-state index in [-0.39, 0.29) is 5.41 Å². The van der Waals surface area contributed by atoms with Crippen LogP contribution in [0, 0.1) is 0 Å². The Morgan fingerprint density at radius 3 is 2.22 bits per heavy atom. The second-order valence-electron chi connectivity index (χ2n) is 12.6. The molecule has 0 radical (unpaired) electrons. The molecule has 0 saturated heterocycles. The lowest BCUT2D eigenvalue weighted by Gasteiger charge is -2.24. The first-order valence-electron chi connectivity index (χ1n) is 15.6. The molecule has 0 aliphatic heterocycles. The zero-order valence-electron chi connectivity index (χ0n) is 25.9. The van der Waals surface area contributed by atoms with E-state index in [9.17, 15) is 0 Å². The molecular weight excluding hydrogens is 597 g/mol. The number of hydrogen-bond donors (Lipinski definition) is 0. The summed E-state index contributed by atoms with van der Waals surface area (Å²) in [6.07, 6.45) is 6.19. The van der Waals surface area contributed by atoms with E-state index in [0.29, 0.717) is 0 Å². The first-order chi connectivity index (χ1) is 22.5. The Morgan fingerprint density at radius 1 is 0.696 bits per heavy atom. The summed E-state index contributed by atoms with van der Waals surface area (Å²) < 4.78 is 4.95. The molecule has 1 aliphatic carbocycles. The highest BCUT2D eigenvalue weighted by molar-refractivity contribution is 7.27. The van der Waals surface area contributed by atoms with Crippen molar-refractivity contribution in [2.75, 3.05) is 0 Å². The Labute approximate surface area is 275 Å². The van der Waals surface area contributed by atoms with Gasteiger partial charge in [0, 0.05) is 46.8 Å². The van der Waals surface area contributed by atoms with Gasteiger partial charge in [-0.3, -0.25) is 0 Å². The van der Waals surface area contributed by atoms with Gasteiger partial charge in [0.2, 0.25) is 0 Å². The summed E-state index contributed by atoms with van der Waals surface area (Å²) in [4.78, 5) is 10.7. The van der Waals surface area contributed by atoms with Crippen molar-refractivity contribution in [2.45, 2.75) is 26.2 Å². The third-order valence-electron chi connectivity index (χ3n) is 9.64. The van der Waals surface area contributed by atoms with Gasteiger partial charge in [-0.25, -0.2) is 9.97 Å². The molecule has 0 N–H and O–H groups in total. The maximum absolute atomic E-state index is 5.36. The van der Waals surface area contributed by atoms with Crippen LogP contribution in [-0.2, 0) is 5.41 Å². The first-order valence-corrected chi connectivity index (χ1v) is 17.3. The summed E-state index contributed by atoms with van der Waals surface area (Å²) in [6, 6.07) is 34.7. The summed E-state index contributed by atoms with van der Waals surface area (Å²) in [5.41, 5.74) is 9.53. The minimum absolute atomic E-state index is 0.159. The van der Waals surface area contributed by atoms with Crippen LogP contribution in [0.3, 0.4) is 0 Å². The molecule has 1 aliphatic rings. The Morgan fingerprint density at radius 2 is 1.41 bits per heavy atom. The van der Waals surface area contributed by atoms with Crippen LogP contribution in [0.25, 0.3) is 79.5 Å². The van der Waals surface area contributed by atoms with Crippen molar-refractivity contribution in [1.82, 2.24) is 9.97 Å². The maximum atomic E-state index is 5.36. The highest BCUT2D eigenvalue weighted by Crippen LogP contribution is 2.56. The molecule has 220 valence electrons. The monoisotopic (exact) mass is 626 g/mol. The van der Waals surface area contributed by atoms with Crippen molar-refractivity contribution >= 4 is 79.5 Å². The van der Waals surface area contributed by atoms with Crippen LogP contribution in [0.1, 0.15) is 31.9 Å². The average Bonchev–Trinajstić information content (AvgIpc) is 3.72. The van der Waals surface area contributed by atoms with Crippen LogP contribution >= 0.6 is 22.7 Å². The molecule has 0 unspecified atom stereocenters. The van der Waals surface area contributed by atoms with Crippen molar-refractivity contribution in [3.63, 3.8) is 0 Å². The van der Waals surface area contributed by atoms with Crippen LogP contribution in [-0.4, -0.2) is 9.97 Å². The lowest BCUT2D eigenvalue weighted by molar-refractivity contribution is 0.661. The van der Waals surface area contributed by atoms with Crippen molar-refractivity contribution in [1.29, 1.82) is 0 Å². The van der Waals surface area contributed by atoms with Crippen molar-refractivity contribution in [3.8, 4) is 22.6 Å². The maximum Gasteiger partial charge on any atom is 0.161 e. The molecule has 3 heterocycles. The predicted molar refractivity (Wildman–Crippen MR) is 201 cm³/mol. The molecule has 4 heteroatoms. The van der Waals surface area contributed by atoms with E-state index in [1.807, 2.05) is 17.4 Å². The summed E-state index contributed by atoms with van der Waals surface area (Å²) in [5.74, 6) is 0.774. The normalized spacial score (nSPS) is 14.5. The van der Waals surface area contributed by atoms with Gasteiger partial charge in [-0.15, -0.1) is 22.7 Å². The summed E-state index contributed by atoms with van der Waals surface area (Å²) in [6.45, 7) is 11.0. The van der Waals surface area contributed by atoms with Gasteiger partial charge in [0.25, 0.3) is 0 Å². The molecule has 0 amide bonds. The number of thiophene rings is 2. The van der Waals surface area contributed by atoms with E-state index in [1.165, 1.54) is 63.3 Å². The van der Waals surface area contributed by atoms with Gasteiger partial charge in [0.15, 0.2) is 5.82 Å². The average molecular weight is 627 g/mol. The summed E-state index contributed by atoms with van der Waals surface area (Å²) >= 11 is 3.67. The van der Waals surface area contributed by atoms with Gasteiger partial charge in [0.1, 0.15) is 0 Å². The molecule has 0 saturated carbocycles. The molecule has 9 rings (SSSR count). The number of allylic oxidation sites excluding steroid dienone is 5. The third-order valence-corrected chi connectivity index (χ3v) is 12.1. The highest BCUT2D eigenvalue weighted by Gasteiger charge is 2.39. The van der Waals surface area contributed by atoms with Gasteiger partial charge < -0.3 is 0 Å². The van der Waals surface area contributed by atoms with E-state index in [0.717, 1.165) is 32.9 Å². The molecule has 5 aromatic carbocycles. The number of hydrogen-bond acceptors (Lipinski definition) is 4. The van der Waals surface area contributed by atoms with E-state index in [4.69, 9.17) is 9.97 Å². The van der Waals surface area contributed by atoms with Crippen molar-refractivity contribution in [3.05, 3.63) is 139 Å². The number of aromatic nitrogens is 2. The number of fused-ring (bicyclic) bond motifs is 11. The van der Waals surface area contributed by atoms with Gasteiger partial charge in [-0.05, 0) is 52.1 Å². The lowest BCUT2D eigenvalue weighted by atomic mass is 9.79. The van der Waals surface area contributed by atoms with E-state index in [2.05, 4.69) is 137 Å². The summed E-state index contributed by atoms with van der Waals surface area (Å²) in [7, 11) is 0. The summed E-state index contributed by atoms with van der Waals surface area (Å²) in [5, 5.41) is 6.39. The topological polar surface area (TPSA) is 25.8 Å². The van der Waals surface area contributed by atoms with Crippen molar-refractivity contribution in [2.24, 2.45) is 0 Å². The Bertz CT molecular complexity index is 2630. The molecule has 0 atom stereocenters. The zero-order chi connectivity index (χ0) is 31.2. The van der Waals surface area contributed by atoms with Gasteiger partial charge in [-0.1, -0.05) is 124 Å². The quantitative estimate of drug-likeness (QED) is 0.182. The molecular formula is C42H30N2S2. The van der Waals surface area contributed by atoms with Gasteiger partial charge in [-0.2, -0.15) is 0 Å². The molecule has 0 fully saturated rings. The highest BCUT2D eigenvalue weighted by atomic mass is 32.1. The van der Waals surface area contributed by atoms with E-state index < -0.39 is 0 Å². The van der Waals surface area contributed by atoms with Crippen LogP contribution in [0.4, 0.5) is 0 Å². The first kappa shape index (κ1) is 27.4. The number of benzene rings is 5. The number of nitrogens with zero attached hydrogens (tertiary/aromatic N) is 2. The number of rotatable bonds is 4. The minimum Gasteiger partial charge on any atom is -0.226 e. The standard InChI is InChI=1S/C42H30N2S2/c1-5-6-22-31-24(2)33-26-17-10-11-18-27(26)34-29-20-14-21-30(38(29)46-39(34)35(33)42(31,3)4)41-43-36(25-15-8-7-9-16-25)40-37(44-41)28-19-12-13-23-32(28)45-40/h5-23H,1H2,2-4H3/b22-6-. The van der Waals surface area contributed by atoms with Crippen molar-refractivity contribution < 1.29 is 0 Å². The smallest absolute Gasteiger partial charge is 0.161 e. The molecule has 3 aromatic heterocycles. The fraction of sp³-hybridized carbons (Fsp3) is 0.0952. The van der Waals surface area contributed by atoms with Crippen LogP contribution in [0.15, 0.2) is 127 Å². The largest absolute Gasteiger partial charge is 0.226 e. The van der Waals surface area contributed by atoms with Gasteiger partial charge in [0.05, 0.1) is 15.9 Å². The minimum atomic E-state index is -0.159. The van der Waals surface area contributed by atoms with E-state index >= 15 is 0 Å². The predicted octanol–water partition coefficient (Wildman–Crippen LogP) is 12.5. The fourth-order valence-corrected chi connectivity index (χ4v) is 10.3. The lowest BCUT2D eigenvalue weighted by Crippen LogP contribution is -2.16. The molecule has 2 nitrogen and oxygen atoms in total. The van der Waals surface area contributed by atoms with Crippen LogP contribution < -0.4 is 0 Å². The van der Waals surface area contributed by atoms with E-state index in [1.54, 1.807) is 11.3 Å². The Balaban J connectivity index is 1.40.